The van der Waals surface area contributed by atoms with E-state index in [-0.39, 0.29) is 30.1 Å². The molecule has 0 aromatic heterocycles. The van der Waals surface area contributed by atoms with Crippen molar-refractivity contribution < 1.29 is 14.3 Å². The number of amidine groups is 1. The molecule has 28 heavy (non-hydrogen) atoms. The fourth-order valence-corrected chi connectivity index (χ4v) is 5.12. The number of methoxy groups -OCH3 is 1. The molecule has 1 aromatic carbocycles. The van der Waals surface area contributed by atoms with Crippen molar-refractivity contribution >= 4 is 17.7 Å². The first kappa shape index (κ1) is 20.3. The molecule has 1 saturated carbocycles. The molecule has 1 heterocycles. The molecule has 1 aromatic rings. The molecule has 7 heteroatoms. The van der Waals surface area contributed by atoms with Crippen molar-refractivity contribution in [3.8, 4) is 0 Å². The molecule has 0 radical (unpaired) electrons. The Hall–Kier alpha value is -2.41. The lowest BCUT2D eigenvalue weighted by Gasteiger charge is -2.38. The molecule has 2 aliphatic rings. The quantitative estimate of drug-likeness (QED) is 0.306. The molecule has 2 atom stereocenters. The lowest BCUT2D eigenvalue weighted by Crippen LogP contribution is -2.51. The average molecular weight is 386 g/mol. The second-order valence-corrected chi connectivity index (χ2v) is 8.11. The molecule has 1 aliphatic carbocycles. The predicted octanol–water partition coefficient (Wildman–Crippen LogP) is 1.45. The largest absolute Gasteiger partial charge is 0.468 e. The third-order valence-electron chi connectivity index (χ3n) is 6.74. The van der Waals surface area contributed by atoms with E-state index in [0.717, 1.165) is 31.2 Å². The van der Waals surface area contributed by atoms with Gasteiger partial charge in [-0.15, -0.1) is 0 Å². The highest BCUT2D eigenvalue weighted by molar-refractivity contribution is 6.05. The zero-order chi connectivity index (χ0) is 20.5. The number of nitrogens with zero attached hydrogens (tertiary/aromatic N) is 1. The van der Waals surface area contributed by atoms with E-state index < -0.39 is 11.4 Å². The summed E-state index contributed by atoms with van der Waals surface area (Å²) in [7, 11) is 3.06. The Balaban J connectivity index is 1.73. The number of amides is 1. The maximum absolute atomic E-state index is 12.8. The Morgan fingerprint density at radius 3 is 2.36 bits per heavy atom. The van der Waals surface area contributed by atoms with Gasteiger partial charge in [-0.3, -0.25) is 15.0 Å². The Labute approximate surface area is 165 Å². The molecule has 3 rings (SSSR count). The number of hydrogen-bond donors (Lipinski definition) is 3. The van der Waals surface area contributed by atoms with Gasteiger partial charge in [0.15, 0.2) is 5.41 Å². The molecule has 7 nitrogen and oxygen atoms in total. The Kier molecular flexibility index (Phi) is 5.74. The van der Waals surface area contributed by atoms with Crippen molar-refractivity contribution in [3.63, 3.8) is 0 Å². The fourth-order valence-electron chi connectivity index (χ4n) is 5.12. The van der Waals surface area contributed by atoms with Crippen molar-refractivity contribution in [3.05, 3.63) is 35.4 Å². The maximum Gasteiger partial charge on any atom is 0.323 e. The second-order valence-electron chi connectivity index (χ2n) is 8.11. The summed E-state index contributed by atoms with van der Waals surface area (Å²) < 4.78 is 5.00. The van der Waals surface area contributed by atoms with Gasteiger partial charge in [0.25, 0.3) is 0 Å². The van der Waals surface area contributed by atoms with E-state index in [1.807, 2.05) is 24.3 Å². The van der Waals surface area contributed by atoms with Crippen molar-refractivity contribution in [1.29, 1.82) is 5.41 Å². The van der Waals surface area contributed by atoms with Crippen LogP contribution in [0, 0.1) is 22.7 Å². The second kappa shape index (κ2) is 7.91. The average Bonchev–Trinajstić information content (AvgIpc) is 2.99. The molecular weight excluding hydrogens is 356 g/mol. The molecule has 152 valence electrons. The molecule has 2 fully saturated rings. The molecule has 0 bridgehead atoms. The van der Waals surface area contributed by atoms with E-state index in [9.17, 15) is 9.59 Å². The third kappa shape index (κ3) is 3.28. The van der Waals surface area contributed by atoms with Gasteiger partial charge in [0.2, 0.25) is 5.91 Å². The number of esters is 1. The first-order valence-electron chi connectivity index (χ1n) is 9.83. The summed E-state index contributed by atoms with van der Waals surface area (Å²) in [5.74, 6) is -0.0402. The van der Waals surface area contributed by atoms with Crippen LogP contribution in [0.25, 0.3) is 0 Å². The minimum absolute atomic E-state index is 0.0139. The highest BCUT2D eigenvalue weighted by atomic mass is 16.5. The zero-order valence-corrected chi connectivity index (χ0v) is 16.6. The van der Waals surface area contributed by atoms with Gasteiger partial charge in [-0.2, -0.15) is 0 Å². The van der Waals surface area contributed by atoms with Gasteiger partial charge in [0.1, 0.15) is 5.84 Å². The maximum atomic E-state index is 12.8. The fraction of sp³-hybridized carbons (Fsp3) is 0.571. The number of nitrogens with one attached hydrogen (secondary N) is 1. The minimum atomic E-state index is -1.25. The van der Waals surface area contributed by atoms with Crippen LogP contribution in [-0.4, -0.2) is 49.9 Å². The van der Waals surface area contributed by atoms with E-state index in [2.05, 4.69) is 0 Å². The van der Waals surface area contributed by atoms with Crippen LogP contribution in [-0.2, 0) is 14.3 Å². The van der Waals surface area contributed by atoms with E-state index in [1.165, 1.54) is 12.7 Å². The molecule has 1 saturated heterocycles. The van der Waals surface area contributed by atoms with Gasteiger partial charge in [0, 0.05) is 31.6 Å². The lowest BCUT2D eigenvalue weighted by atomic mass is 9.65. The topological polar surface area (TPSA) is 122 Å². The van der Waals surface area contributed by atoms with E-state index in [1.54, 1.807) is 11.9 Å². The van der Waals surface area contributed by atoms with Gasteiger partial charge >= 0.3 is 5.97 Å². The monoisotopic (exact) mass is 386 g/mol. The molecular formula is C21H30N4O3. The standard InChI is InChI=1S/C21H30N4O3/c1-25-11-17(21(12-22,19(25)26)20(27)28-2)15-7-3-13(4-8-15)14-5-9-16(10-6-14)18(23)24/h5-6,9-10,13,15,17H,3-4,7-8,11-12,22H2,1-2H3,(H3,23,24). The van der Waals surface area contributed by atoms with Crippen LogP contribution in [0.3, 0.4) is 0 Å². The Bertz CT molecular complexity index is 755. The predicted molar refractivity (Wildman–Crippen MR) is 107 cm³/mol. The van der Waals surface area contributed by atoms with Gasteiger partial charge in [-0.1, -0.05) is 24.3 Å². The first-order chi connectivity index (χ1) is 13.3. The number of ether oxygens (including phenoxy) is 1. The van der Waals surface area contributed by atoms with Gasteiger partial charge in [-0.05, 0) is 43.1 Å². The number of benzene rings is 1. The minimum Gasteiger partial charge on any atom is -0.468 e. The summed E-state index contributed by atoms with van der Waals surface area (Å²) in [6.07, 6.45) is 3.90. The van der Waals surface area contributed by atoms with Crippen LogP contribution in [0.1, 0.15) is 42.7 Å². The summed E-state index contributed by atoms with van der Waals surface area (Å²) in [6.45, 7) is 0.535. The molecule has 5 N–H and O–H groups in total. The summed E-state index contributed by atoms with van der Waals surface area (Å²) in [6, 6.07) is 7.89. The number of carbonyl (C=O) groups excluding carboxylic acids is 2. The number of likely N-dealkylation sites (tertiary alicyclic amines) is 1. The molecule has 1 aliphatic heterocycles. The number of nitrogens with two attached hydrogens (primary N) is 2. The van der Waals surface area contributed by atoms with E-state index >= 15 is 0 Å². The number of rotatable bonds is 5. The Morgan fingerprint density at radius 1 is 1.25 bits per heavy atom. The Morgan fingerprint density at radius 2 is 1.86 bits per heavy atom. The van der Waals surface area contributed by atoms with Crippen molar-refractivity contribution in [2.24, 2.45) is 28.7 Å². The van der Waals surface area contributed by atoms with Crippen molar-refractivity contribution in [1.82, 2.24) is 4.90 Å². The molecule has 0 spiro atoms. The summed E-state index contributed by atoms with van der Waals surface area (Å²) in [4.78, 5) is 27.0. The van der Waals surface area contributed by atoms with E-state index in [0.29, 0.717) is 12.5 Å². The lowest BCUT2D eigenvalue weighted by molar-refractivity contribution is -0.161. The number of hydrogen-bond acceptors (Lipinski definition) is 5. The van der Waals surface area contributed by atoms with Crippen LogP contribution < -0.4 is 11.5 Å². The SMILES string of the molecule is COC(=O)C1(CN)C(=O)N(C)CC1C1CCC(c2ccc(C(=N)N)cc2)CC1. The zero-order valence-electron chi connectivity index (χ0n) is 16.6. The van der Waals surface area contributed by atoms with Crippen LogP contribution in [0.4, 0.5) is 0 Å². The summed E-state index contributed by atoms with van der Waals surface area (Å²) in [5, 5.41) is 7.51. The van der Waals surface area contributed by atoms with Gasteiger partial charge in [-0.25, -0.2) is 0 Å². The summed E-state index contributed by atoms with van der Waals surface area (Å²) >= 11 is 0. The van der Waals surface area contributed by atoms with Crippen LogP contribution >= 0.6 is 0 Å². The van der Waals surface area contributed by atoms with Crippen molar-refractivity contribution in [2.45, 2.75) is 31.6 Å². The van der Waals surface area contributed by atoms with Crippen molar-refractivity contribution in [2.75, 3.05) is 27.2 Å². The van der Waals surface area contributed by atoms with Gasteiger partial charge in [0.05, 0.1) is 7.11 Å². The van der Waals surface area contributed by atoms with Crippen LogP contribution in [0.5, 0.6) is 0 Å². The number of nitrogen functional groups attached to an aromatic ring is 1. The normalized spacial score (nSPS) is 30.3. The third-order valence-corrected chi connectivity index (χ3v) is 6.74. The van der Waals surface area contributed by atoms with Crippen LogP contribution in [0.2, 0.25) is 0 Å². The van der Waals surface area contributed by atoms with Crippen LogP contribution in [0.15, 0.2) is 24.3 Å². The first-order valence-corrected chi connectivity index (χ1v) is 9.83. The van der Waals surface area contributed by atoms with E-state index in [4.69, 9.17) is 21.6 Å². The molecule has 2 unspecified atom stereocenters. The molecule has 1 amide bonds. The highest BCUT2D eigenvalue weighted by Crippen LogP contribution is 2.48. The number of carbonyl (C=O) groups is 2. The smallest absolute Gasteiger partial charge is 0.323 e. The van der Waals surface area contributed by atoms with Gasteiger partial charge < -0.3 is 21.1 Å². The summed E-state index contributed by atoms with van der Waals surface area (Å²) in [5.41, 5.74) is 12.2. The highest BCUT2D eigenvalue weighted by Gasteiger charge is 2.60.